The summed E-state index contributed by atoms with van der Waals surface area (Å²) in [7, 11) is 0. The number of anilines is 1. The third-order valence-electron chi connectivity index (χ3n) is 7.49. The fourth-order valence-electron chi connectivity index (χ4n) is 4.69. The summed E-state index contributed by atoms with van der Waals surface area (Å²) >= 11 is 0. The number of hydrogen-bond acceptors (Lipinski definition) is 4. The summed E-state index contributed by atoms with van der Waals surface area (Å²) in [6.07, 6.45) is 8.76. The second kappa shape index (κ2) is 16.6. The molecule has 0 aliphatic heterocycles. The molecule has 2 aromatic carbocycles. The number of pyridine rings is 1. The molecule has 1 heterocycles. The van der Waals surface area contributed by atoms with Gasteiger partial charge in [0.25, 0.3) is 0 Å². The van der Waals surface area contributed by atoms with Crippen molar-refractivity contribution in [1.29, 1.82) is 0 Å². The van der Waals surface area contributed by atoms with E-state index in [-0.39, 0.29) is 11.8 Å². The quantitative estimate of drug-likeness (QED) is 0.167. The Hall–Kier alpha value is -3.44. The molecule has 0 aliphatic rings. The number of carboxylic acids is 1. The van der Waals surface area contributed by atoms with Gasteiger partial charge in [0.1, 0.15) is 0 Å². The summed E-state index contributed by atoms with van der Waals surface area (Å²) in [6, 6.07) is 23.1. The zero-order valence-corrected chi connectivity index (χ0v) is 24.6. The maximum atomic E-state index is 11.6. The Bertz CT molecular complexity index is 1200. The van der Waals surface area contributed by atoms with E-state index in [0.29, 0.717) is 25.5 Å². The van der Waals surface area contributed by atoms with E-state index in [1.54, 1.807) is 0 Å². The van der Waals surface area contributed by atoms with Crippen molar-refractivity contribution in [3.63, 3.8) is 0 Å². The fraction of sp³-hybridized carbons (Fsp3) is 0.429. The first-order chi connectivity index (χ1) is 19.4. The molecular weight excluding hydrogens is 496 g/mol. The molecule has 0 amide bonds. The van der Waals surface area contributed by atoms with E-state index in [9.17, 15) is 9.90 Å². The molecule has 2 N–H and O–H groups in total. The first-order valence-corrected chi connectivity index (χ1v) is 14.7. The standard InChI is InChI=1S/C35H46N2O3/c1-5-27(4)34(35(38)39)21-22-36-32-13-8-11-29(24-32)17-20-31-12-9-14-33(37-31)25-40-23-7-6-10-28-15-18-30(19-16-28)26(2)3/h8-9,11-20,24,26-27,34,36H,5-7,10,21-23,25H2,1-4H3,(H,38,39). The van der Waals surface area contributed by atoms with Crippen LogP contribution in [0.4, 0.5) is 5.69 Å². The number of nitrogens with zero attached hydrogens (tertiary/aromatic N) is 1. The van der Waals surface area contributed by atoms with E-state index in [0.717, 1.165) is 54.9 Å². The lowest BCUT2D eigenvalue weighted by Crippen LogP contribution is -2.24. The minimum Gasteiger partial charge on any atom is -0.481 e. The molecule has 0 saturated heterocycles. The van der Waals surface area contributed by atoms with Gasteiger partial charge in [0.2, 0.25) is 0 Å². The number of carbonyl (C=O) groups is 1. The van der Waals surface area contributed by atoms with E-state index in [4.69, 9.17) is 9.72 Å². The predicted molar refractivity (Wildman–Crippen MR) is 166 cm³/mol. The molecule has 3 rings (SSSR count). The van der Waals surface area contributed by atoms with E-state index in [2.05, 4.69) is 49.5 Å². The second-order valence-electron chi connectivity index (χ2n) is 11.0. The monoisotopic (exact) mass is 542 g/mol. The minimum absolute atomic E-state index is 0.167. The van der Waals surface area contributed by atoms with Crippen molar-refractivity contribution in [2.45, 2.75) is 72.3 Å². The van der Waals surface area contributed by atoms with Crippen molar-refractivity contribution < 1.29 is 14.6 Å². The Labute approximate surface area is 240 Å². The number of hydrogen-bond donors (Lipinski definition) is 2. The molecule has 0 radical (unpaired) electrons. The molecule has 0 saturated carbocycles. The van der Waals surface area contributed by atoms with Gasteiger partial charge < -0.3 is 15.2 Å². The van der Waals surface area contributed by atoms with E-state index >= 15 is 0 Å². The maximum absolute atomic E-state index is 11.6. The zero-order chi connectivity index (χ0) is 28.7. The van der Waals surface area contributed by atoms with Gasteiger partial charge in [0.05, 0.1) is 23.9 Å². The van der Waals surface area contributed by atoms with Crippen molar-refractivity contribution in [3.8, 4) is 0 Å². The number of nitrogens with one attached hydrogen (secondary N) is 1. The number of ether oxygens (including phenoxy) is 1. The number of aromatic nitrogens is 1. The lowest BCUT2D eigenvalue weighted by atomic mass is 9.89. The van der Waals surface area contributed by atoms with Gasteiger partial charge in [-0.2, -0.15) is 0 Å². The van der Waals surface area contributed by atoms with Crippen LogP contribution in [0.1, 0.15) is 87.4 Å². The van der Waals surface area contributed by atoms with Gasteiger partial charge in [-0.3, -0.25) is 9.78 Å². The summed E-state index contributed by atoms with van der Waals surface area (Å²) in [4.78, 5) is 16.3. The van der Waals surface area contributed by atoms with Crippen molar-refractivity contribution in [1.82, 2.24) is 4.98 Å². The third kappa shape index (κ3) is 10.6. The third-order valence-corrected chi connectivity index (χ3v) is 7.49. The SMILES string of the molecule is CCC(C)C(CCNc1cccc(C=Cc2cccc(COCCCCc3ccc(C(C)C)cc3)n2)c1)C(=O)O. The topological polar surface area (TPSA) is 71.5 Å². The van der Waals surface area contributed by atoms with Crippen molar-refractivity contribution in [3.05, 3.63) is 94.8 Å². The number of benzene rings is 2. The summed E-state index contributed by atoms with van der Waals surface area (Å²) in [5.74, 6) is -0.295. The smallest absolute Gasteiger partial charge is 0.306 e. The largest absolute Gasteiger partial charge is 0.481 e. The lowest BCUT2D eigenvalue weighted by Gasteiger charge is -2.19. The number of rotatable bonds is 17. The van der Waals surface area contributed by atoms with Crippen molar-refractivity contribution in [2.24, 2.45) is 11.8 Å². The molecule has 214 valence electrons. The van der Waals surface area contributed by atoms with Crippen LogP contribution in [0, 0.1) is 11.8 Å². The number of aliphatic carboxylic acids is 1. The van der Waals surface area contributed by atoms with Gasteiger partial charge in [0.15, 0.2) is 0 Å². The number of carboxylic acid groups (broad SMARTS) is 1. The molecule has 0 bridgehead atoms. The Morgan fingerprint density at radius 2 is 1.77 bits per heavy atom. The van der Waals surface area contributed by atoms with Crippen LogP contribution in [0.25, 0.3) is 12.2 Å². The molecular formula is C35H46N2O3. The second-order valence-corrected chi connectivity index (χ2v) is 11.0. The first-order valence-electron chi connectivity index (χ1n) is 14.7. The first kappa shape index (κ1) is 31.1. The van der Waals surface area contributed by atoms with Crippen molar-refractivity contribution >= 4 is 23.8 Å². The molecule has 3 aromatic rings. The molecule has 2 atom stereocenters. The average Bonchev–Trinajstić information content (AvgIpc) is 2.96. The number of aryl methyl sites for hydroxylation is 1. The normalized spacial score (nSPS) is 13.0. The molecule has 40 heavy (non-hydrogen) atoms. The van der Waals surface area contributed by atoms with Crippen molar-refractivity contribution in [2.75, 3.05) is 18.5 Å². The van der Waals surface area contributed by atoms with E-state index in [1.165, 1.54) is 11.1 Å². The van der Waals surface area contributed by atoms with Crippen LogP contribution >= 0.6 is 0 Å². The predicted octanol–water partition coefficient (Wildman–Crippen LogP) is 8.46. The van der Waals surface area contributed by atoms with Crippen LogP contribution in [-0.4, -0.2) is 29.2 Å². The van der Waals surface area contributed by atoms with Gasteiger partial charge in [-0.05, 0) is 84.6 Å². The van der Waals surface area contributed by atoms with Gasteiger partial charge in [0, 0.05) is 18.8 Å². The Kier molecular flexibility index (Phi) is 12.9. The van der Waals surface area contributed by atoms with Gasteiger partial charge in [-0.1, -0.05) is 82.7 Å². The van der Waals surface area contributed by atoms with Crippen LogP contribution in [0.2, 0.25) is 0 Å². The van der Waals surface area contributed by atoms with Gasteiger partial charge >= 0.3 is 5.97 Å². The van der Waals surface area contributed by atoms with Crippen LogP contribution in [0.3, 0.4) is 0 Å². The summed E-state index contributed by atoms with van der Waals surface area (Å²) in [6.45, 7) is 10.4. The van der Waals surface area contributed by atoms with E-state index in [1.807, 2.05) is 62.4 Å². The summed E-state index contributed by atoms with van der Waals surface area (Å²) in [5, 5.41) is 12.9. The Morgan fingerprint density at radius 1 is 1.00 bits per heavy atom. The molecule has 5 nitrogen and oxygen atoms in total. The molecule has 0 spiro atoms. The average molecular weight is 543 g/mol. The molecule has 5 heteroatoms. The molecule has 2 unspecified atom stereocenters. The van der Waals surface area contributed by atoms with Crippen LogP contribution < -0.4 is 5.32 Å². The highest BCUT2D eigenvalue weighted by Gasteiger charge is 2.22. The summed E-state index contributed by atoms with van der Waals surface area (Å²) in [5.41, 5.74) is 6.64. The minimum atomic E-state index is -0.712. The lowest BCUT2D eigenvalue weighted by molar-refractivity contribution is -0.143. The zero-order valence-electron chi connectivity index (χ0n) is 24.6. The van der Waals surface area contributed by atoms with Gasteiger partial charge in [-0.25, -0.2) is 0 Å². The molecule has 1 aromatic heterocycles. The highest BCUT2D eigenvalue weighted by Crippen LogP contribution is 2.20. The maximum Gasteiger partial charge on any atom is 0.306 e. The number of unbranched alkanes of at least 4 members (excludes halogenated alkanes) is 1. The van der Waals surface area contributed by atoms with Crippen LogP contribution in [0.15, 0.2) is 66.7 Å². The Morgan fingerprint density at radius 3 is 2.50 bits per heavy atom. The highest BCUT2D eigenvalue weighted by atomic mass is 16.5. The van der Waals surface area contributed by atoms with Gasteiger partial charge in [-0.15, -0.1) is 0 Å². The summed E-state index contributed by atoms with van der Waals surface area (Å²) < 4.78 is 5.90. The highest BCUT2D eigenvalue weighted by molar-refractivity contribution is 5.71. The fourth-order valence-corrected chi connectivity index (χ4v) is 4.69. The van der Waals surface area contributed by atoms with Crippen LogP contribution in [0.5, 0.6) is 0 Å². The molecule has 0 aliphatic carbocycles. The molecule has 0 fully saturated rings. The Balaban J connectivity index is 1.41. The van der Waals surface area contributed by atoms with E-state index < -0.39 is 5.97 Å². The van der Waals surface area contributed by atoms with Crippen LogP contribution in [-0.2, 0) is 22.6 Å².